The summed E-state index contributed by atoms with van der Waals surface area (Å²) in [6.45, 7) is 2.89. The number of hydrogen-bond donors (Lipinski definition) is 1. The van der Waals surface area contributed by atoms with E-state index in [1.807, 2.05) is 78.9 Å². The van der Waals surface area contributed by atoms with Gasteiger partial charge in [-0.3, -0.25) is 4.57 Å². The van der Waals surface area contributed by atoms with E-state index in [1.54, 1.807) is 0 Å². The fourth-order valence-electron chi connectivity index (χ4n) is 3.19. The summed E-state index contributed by atoms with van der Waals surface area (Å²) in [6.07, 6.45) is 2.17. The van der Waals surface area contributed by atoms with Crippen LogP contribution in [0.1, 0.15) is 19.8 Å². The second-order valence-electron chi connectivity index (χ2n) is 6.87. The van der Waals surface area contributed by atoms with Crippen molar-refractivity contribution in [3.63, 3.8) is 0 Å². The molecule has 2 N–H and O–H groups in total. The Balaban J connectivity index is 1.76. The molecule has 0 amide bonds. The van der Waals surface area contributed by atoms with Gasteiger partial charge in [0.05, 0.1) is 6.61 Å². The standard InChI is InChI=1S/C24H24N4O/c1-2-3-16-29-22-14-12-18(13-15-22)23-26-27-24(19-8-7-9-20(25)17-19)28(23)21-10-5-4-6-11-21/h4-15,17H,2-3,16,25H2,1H3. The minimum atomic E-state index is 0.695. The Morgan fingerprint density at radius 2 is 1.55 bits per heavy atom. The number of benzene rings is 3. The average molecular weight is 384 g/mol. The molecule has 5 nitrogen and oxygen atoms in total. The number of nitrogens with two attached hydrogens (primary N) is 1. The normalized spacial score (nSPS) is 10.8. The van der Waals surface area contributed by atoms with Crippen molar-refractivity contribution in [2.24, 2.45) is 0 Å². The Hall–Kier alpha value is -3.60. The molecule has 0 aliphatic rings. The molecule has 0 spiro atoms. The van der Waals surface area contributed by atoms with E-state index in [-0.39, 0.29) is 0 Å². The highest BCUT2D eigenvalue weighted by Crippen LogP contribution is 2.30. The lowest BCUT2D eigenvalue weighted by molar-refractivity contribution is 0.309. The lowest BCUT2D eigenvalue weighted by Gasteiger charge is -2.12. The first-order chi connectivity index (χ1) is 14.3. The van der Waals surface area contributed by atoms with Crippen LogP contribution in [0.15, 0.2) is 78.9 Å². The number of anilines is 1. The molecule has 3 aromatic carbocycles. The van der Waals surface area contributed by atoms with Crippen LogP contribution >= 0.6 is 0 Å². The summed E-state index contributed by atoms with van der Waals surface area (Å²) in [6, 6.07) is 25.8. The highest BCUT2D eigenvalue weighted by Gasteiger charge is 2.17. The van der Waals surface area contributed by atoms with Crippen LogP contribution in [0.3, 0.4) is 0 Å². The van der Waals surface area contributed by atoms with Crippen LogP contribution in [0.25, 0.3) is 28.5 Å². The molecule has 1 aromatic heterocycles. The molecule has 5 heteroatoms. The number of para-hydroxylation sites is 1. The van der Waals surface area contributed by atoms with Gasteiger partial charge in [-0.2, -0.15) is 0 Å². The van der Waals surface area contributed by atoms with Gasteiger partial charge in [0.2, 0.25) is 0 Å². The maximum Gasteiger partial charge on any atom is 0.168 e. The van der Waals surface area contributed by atoms with Crippen LogP contribution in [-0.4, -0.2) is 21.4 Å². The summed E-state index contributed by atoms with van der Waals surface area (Å²) in [4.78, 5) is 0. The largest absolute Gasteiger partial charge is 0.494 e. The molecular weight excluding hydrogens is 360 g/mol. The summed E-state index contributed by atoms with van der Waals surface area (Å²) in [7, 11) is 0. The summed E-state index contributed by atoms with van der Waals surface area (Å²) in [5, 5.41) is 8.99. The maximum atomic E-state index is 6.00. The number of unbranched alkanes of at least 4 members (excludes halogenated alkanes) is 1. The molecule has 1 heterocycles. The topological polar surface area (TPSA) is 66.0 Å². The third kappa shape index (κ3) is 4.14. The van der Waals surface area contributed by atoms with E-state index < -0.39 is 0 Å². The van der Waals surface area contributed by atoms with Gasteiger partial charge >= 0.3 is 0 Å². The first-order valence-corrected chi connectivity index (χ1v) is 9.86. The zero-order chi connectivity index (χ0) is 20.1. The SMILES string of the molecule is CCCCOc1ccc(-c2nnc(-c3cccc(N)c3)n2-c2ccccc2)cc1. The number of hydrogen-bond acceptors (Lipinski definition) is 4. The van der Waals surface area contributed by atoms with Crippen molar-refractivity contribution in [3.8, 4) is 34.2 Å². The lowest BCUT2D eigenvalue weighted by atomic mass is 10.1. The van der Waals surface area contributed by atoms with Crippen molar-refractivity contribution in [1.29, 1.82) is 0 Å². The molecule has 0 atom stereocenters. The van der Waals surface area contributed by atoms with E-state index in [0.717, 1.165) is 53.7 Å². The Kier molecular flexibility index (Phi) is 5.56. The van der Waals surface area contributed by atoms with Crippen molar-refractivity contribution in [1.82, 2.24) is 14.8 Å². The third-order valence-corrected chi connectivity index (χ3v) is 4.70. The van der Waals surface area contributed by atoms with Crippen molar-refractivity contribution < 1.29 is 4.74 Å². The van der Waals surface area contributed by atoms with Crippen LogP contribution in [0.2, 0.25) is 0 Å². The maximum absolute atomic E-state index is 6.00. The molecule has 0 fully saturated rings. The van der Waals surface area contributed by atoms with E-state index >= 15 is 0 Å². The van der Waals surface area contributed by atoms with E-state index in [4.69, 9.17) is 10.5 Å². The summed E-state index contributed by atoms with van der Waals surface area (Å²) in [5.41, 5.74) is 9.58. The molecule has 0 aliphatic heterocycles. The van der Waals surface area contributed by atoms with Gasteiger partial charge in [0.25, 0.3) is 0 Å². The predicted molar refractivity (Wildman–Crippen MR) is 117 cm³/mol. The molecular formula is C24H24N4O. The van der Waals surface area contributed by atoms with Crippen LogP contribution in [0.5, 0.6) is 5.75 Å². The van der Waals surface area contributed by atoms with E-state index in [2.05, 4.69) is 21.7 Å². The van der Waals surface area contributed by atoms with E-state index in [0.29, 0.717) is 5.69 Å². The van der Waals surface area contributed by atoms with Gasteiger partial charge in [0.1, 0.15) is 5.75 Å². The van der Waals surface area contributed by atoms with Crippen molar-refractivity contribution in [2.75, 3.05) is 12.3 Å². The monoisotopic (exact) mass is 384 g/mol. The zero-order valence-electron chi connectivity index (χ0n) is 16.5. The fourth-order valence-corrected chi connectivity index (χ4v) is 3.19. The average Bonchev–Trinajstić information content (AvgIpc) is 3.20. The fraction of sp³-hybridized carbons (Fsp3) is 0.167. The van der Waals surface area contributed by atoms with Crippen molar-refractivity contribution in [2.45, 2.75) is 19.8 Å². The molecule has 4 rings (SSSR count). The van der Waals surface area contributed by atoms with Gasteiger partial charge in [-0.15, -0.1) is 10.2 Å². The van der Waals surface area contributed by atoms with Crippen LogP contribution in [-0.2, 0) is 0 Å². The molecule has 0 bridgehead atoms. The molecule has 0 unspecified atom stereocenters. The van der Waals surface area contributed by atoms with Crippen LogP contribution in [0, 0.1) is 0 Å². The quantitative estimate of drug-likeness (QED) is 0.344. The van der Waals surface area contributed by atoms with Gasteiger partial charge in [-0.1, -0.05) is 43.7 Å². The first kappa shape index (κ1) is 18.7. The van der Waals surface area contributed by atoms with Crippen LogP contribution in [0.4, 0.5) is 5.69 Å². The highest BCUT2D eigenvalue weighted by atomic mass is 16.5. The second kappa shape index (κ2) is 8.61. The summed E-state index contributed by atoms with van der Waals surface area (Å²) >= 11 is 0. The first-order valence-electron chi connectivity index (χ1n) is 9.86. The van der Waals surface area contributed by atoms with Gasteiger partial charge in [0.15, 0.2) is 11.6 Å². The molecule has 0 saturated carbocycles. The molecule has 0 aliphatic carbocycles. The number of nitrogen functional groups attached to an aromatic ring is 1. The highest BCUT2D eigenvalue weighted by molar-refractivity contribution is 5.69. The van der Waals surface area contributed by atoms with Crippen molar-refractivity contribution >= 4 is 5.69 Å². The third-order valence-electron chi connectivity index (χ3n) is 4.70. The van der Waals surface area contributed by atoms with Gasteiger partial charge in [-0.25, -0.2) is 0 Å². The molecule has 4 aromatic rings. The molecule has 0 saturated heterocycles. The number of aromatic nitrogens is 3. The molecule has 29 heavy (non-hydrogen) atoms. The predicted octanol–water partition coefficient (Wildman–Crippen LogP) is 5.36. The van der Waals surface area contributed by atoms with Gasteiger partial charge < -0.3 is 10.5 Å². The van der Waals surface area contributed by atoms with Crippen molar-refractivity contribution in [3.05, 3.63) is 78.9 Å². The van der Waals surface area contributed by atoms with E-state index in [9.17, 15) is 0 Å². The molecule has 0 radical (unpaired) electrons. The van der Waals surface area contributed by atoms with Gasteiger partial charge in [-0.05, 0) is 55.0 Å². The second-order valence-corrected chi connectivity index (χ2v) is 6.87. The number of ether oxygens (including phenoxy) is 1. The Morgan fingerprint density at radius 1 is 0.828 bits per heavy atom. The van der Waals surface area contributed by atoms with E-state index in [1.165, 1.54) is 0 Å². The smallest absolute Gasteiger partial charge is 0.168 e. The Labute approximate surface area is 170 Å². The Bertz CT molecular complexity index is 1070. The van der Waals surface area contributed by atoms with Gasteiger partial charge in [0, 0.05) is 22.5 Å². The number of nitrogens with zero attached hydrogens (tertiary/aromatic N) is 3. The zero-order valence-corrected chi connectivity index (χ0v) is 16.5. The van der Waals surface area contributed by atoms with Crippen LogP contribution < -0.4 is 10.5 Å². The molecule has 146 valence electrons. The minimum Gasteiger partial charge on any atom is -0.494 e. The minimum absolute atomic E-state index is 0.695. The summed E-state index contributed by atoms with van der Waals surface area (Å²) < 4.78 is 7.84. The summed E-state index contributed by atoms with van der Waals surface area (Å²) in [5.74, 6) is 2.39. The Morgan fingerprint density at radius 3 is 2.24 bits per heavy atom. The number of rotatable bonds is 7. The lowest BCUT2D eigenvalue weighted by Crippen LogP contribution is -2.01.